The Labute approximate surface area is 139 Å². The van der Waals surface area contributed by atoms with Crippen molar-refractivity contribution in [3.8, 4) is 12.3 Å². The molecule has 1 amide bonds. The smallest absolute Gasteiger partial charge is 0.410 e. The fourth-order valence-electron chi connectivity index (χ4n) is 2.81. The minimum absolute atomic E-state index is 0.191. The highest BCUT2D eigenvalue weighted by Gasteiger charge is 2.26. The van der Waals surface area contributed by atoms with E-state index < -0.39 is 5.60 Å². The number of nitrogens with zero attached hydrogens (tertiary/aromatic N) is 2. The predicted octanol–water partition coefficient (Wildman–Crippen LogP) is 3.64. The number of hydrogen-bond acceptors (Lipinski definition) is 3. The van der Waals surface area contributed by atoms with Gasteiger partial charge < -0.3 is 9.64 Å². The summed E-state index contributed by atoms with van der Waals surface area (Å²) >= 11 is 0. The number of hydrogen-bond donors (Lipinski definition) is 0. The van der Waals surface area contributed by atoms with Crippen molar-refractivity contribution in [1.29, 1.82) is 0 Å². The second-order valence-corrected chi connectivity index (χ2v) is 7.14. The number of aryl methyl sites for hydroxylation is 1. The maximum absolute atomic E-state index is 12.0. The minimum Gasteiger partial charge on any atom is -0.444 e. The van der Waals surface area contributed by atoms with Crippen LogP contribution in [0.15, 0.2) is 18.3 Å². The van der Waals surface area contributed by atoms with Crippen molar-refractivity contribution in [2.24, 2.45) is 5.92 Å². The minimum atomic E-state index is -0.427. The molecule has 4 nitrogen and oxygen atoms in total. The number of amides is 1. The van der Waals surface area contributed by atoms with E-state index in [1.807, 2.05) is 37.8 Å². The van der Waals surface area contributed by atoms with Crippen LogP contribution in [0.25, 0.3) is 0 Å². The van der Waals surface area contributed by atoms with Gasteiger partial charge in [-0.3, -0.25) is 0 Å². The van der Waals surface area contributed by atoms with Gasteiger partial charge in [-0.25, -0.2) is 9.78 Å². The Hall–Kier alpha value is -2.02. The molecule has 0 radical (unpaired) electrons. The Morgan fingerprint density at radius 1 is 1.43 bits per heavy atom. The van der Waals surface area contributed by atoms with Crippen molar-refractivity contribution in [2.75, 3.05) is 13.1 Å². The highest BCUT2D eigenvalue weighted by molar-refractivity contribution is 5.68. The van der Waals surface area contributed by atoms with Crippen molar-refractivity contribution in [2.45, 2.75) is 52.1 Å². The van der Waals surface area contributed by atoms with Crippen LogP contribution in [0.4, 0.5) is 4.79 Å². The summed E-state index contributed by atoms with van der Waals surface area (Å²) in [6.45, 7) is 7.27. The summed E-state index contributed by atoms with van der Waals surface area (Å²) in [5, 5.41) is 0. The third kappa shape index (κ3) is 5.59. The van der Waals surface area contributed by atoms with Gasteiger partial charge in [0.15, 0.2) is 0 Å². The average molecular weight is 314 g/mol. The fraction of sp³-hybridized carbons (Fsp3) is 0.579. The van der Waals surface area contributed by atoms with E-state index in [0.717, 1.165) is 38.8 Å². The van der Waals surface area contributed by atoms with Crippen LogP contribution in [0.5, 0.6) is 0 Å². The van der Waals surface area contributed by atoms with Crippen molar-refractivity contribution < 1.29 is 9.53 Å². The van der Waals surface area contributed by atoms with E-state index in [0.29, 0.717) is 11.6 Å². The molecule has 2 rings (SSSR count). The molecule has 0 aromatic carbocycles. The molecule has 1 aliphatic heterocycles. The molecule has 0 aliphatic carbocycles. The number of carbonyl (C=O) groups excluding carboxylic acids is 1. The number of aromatic nitrogens is 1. The lowest BCUT2D eigenvalue weighted by molar-refractivity contribution is 0.0181. The Morgan fingerprint density at radius 3 is 2.74 bits per heavy atom. The highest BCUT2D eigenvalue weighted by Crippen LogP contribution is 2.23. The van der Waals surface area contributed by atoms with Crippen molar-refractivity contribution >= 4 is 6.09 Å². The largest absolute Gasteiger partial charge is 0.444 e. The van der Waals surface area contributed by atoms with Gasteiger partial charge in [0.1, 0.15) is 11.3 Å². The molecule has 4 heteroatoms. The SMILES string of the molecule is C#Cc1cc(CCC2CCN(C(=O)OC(C)(C)C)CC2)ccn1. The molecule has 1 fully saturated rings. The van der Waals surface area contributed by atoms with Gasteiger partial charge in [-0.05, 0) is 70.1 Å². The number of piperidine rings is 1. The van der Waals surface area contributed by atoms with Gasteiger partial charge in [0.25, 0.3) is 0 Å². The molecule has 0 saturated carbocycles. The van der Waals surface area contributed by atoms with E-state index in [9.17, 15) is 4.79 Å². The van der Waals surface area contributed by atoms with Gasteiger partial charge in [0, 0.05) is 19.3 Å². The molecular weight excluding hydrogens is 288 g/mol. The van der Waals surface area contributed by atoms with Gasteiger partial charge in [0.2, 0.25) is 0 Å². The van der Waals surface area contributed by atoms with Crippen LogP contribution in [0.2, 0.25) is 0 Å². The summed E-state index contributed by atoms with van der Waals surface area (Å²) in [5.74, 6) is 3.22. The van der Waals surface area contributed by atoms with Gasteiger partial charge in [-0.2, -0.15) is 0 Å². The Kier molecular flexibility index (Phi) is 5.65. The lowest BCUT2D eigenvalue weighted by Crippen LogP contribution is -2.41. The van der Waals surface area contributed by atoms with E-state index in [4.69, 9.17) is 11.2 Å². The molecule has 0 atom stereocenters. The number of pyridine rings is 1. The van der Waals surface area contributed by atoms with Gasteiger partial charge in [0.05, 0.1) is 0 Å². The maximum atomic E-state index is 12.0. The summed E-state index contributed by atoms with van der Waals surface area (Å²) in [4.78, 5) is 18.0. The highest BCUT2D eigenvalue weighted by atomic mass is 16.6. The number of likely N-dealkylation sites (tertiary alicyclic amines) is 1. The first kappa shape index (κ1) is 17.3. The molecule has 0 bridgehead atoms. The first-order valence-corrected chi connectivity index (χ1v) is 8.27. The van der Waals surface area contributed by atoms with Crippen LogP contribution < -0.4 is 0 Å². The van der Waals surface area contributed by atoms with Gasteiger partial charge in [-0.1, -0.05) is 5.92 Å². The molecule has 0 spiro atoms. The number of terminal acetylenes is 1. The number of carbonyl (C=O) groups is 1. The van der Waals surface area contributed by atoms with Crippen molar-refractivity contribution in [3.05, 3.63) is 29.6 Å². The first-order chi connectivity index (χ1) is 10.9. The molecule has 2 heterocycles. The Morgan fingerprint density at radius 2 is 2.13 bits per heavy atom. The quantitative estimate of drug-likeness (QED) is 0.800. The van der Waals surface area contributed by atoms with Gasteiger partial charge >= 0.3 is 6.09 Å². The second kappa shape index (κ2) is 7.50. The molecule has 0 unspecified atom stereocenters. The summed E-state index contributed by atoms with van der Waals surface area (Å²) in [6, 6.07) is 4.01. The Balaban J connectivity index is 1.76. The van der Waals surface area contributed by atoms with E-state index in [-0.39, 0.29) is 6.09 Å². The first-order valence-electron chi connectivity index (χ1n) is 8.27. The average Bonchev–Trinajstić information content (AvgIpc) is 2.52. The van der Waals surface area contributed by atoms with Crippen molar-refractivity contribution in [1.82, 2.24) is 9.88 Å². The summed E-state index contributed by atoms with van der Waals surface area (Å²) in [7, 11) is 0. The third-order valence-corrected chi connectivity index (χ3v) is 4.08. The molecule has 1 aliphatic rings. The van der Waals surface area contributed by atoms with Crippen LogP contribution in [0, 0.1) is 18.3 Å². The Bertz CT molecular complexity index is 576. The van der Waals surface area contributed by atoms with E-state index in [2.05, 4.69) is 10.9 Å². The lowest BCUT2D eigenvalue weighted by atomic mass is 9.91. The summed E-state index contributed by atoms with van der Waals surface area (Å²) in [6.07, 6.45) is 11.2. The van der Waals surface area contributed by atoms with Crippen LogP contribution in [0.1, 0.15) is 51.3 Å². The second-order valence-electron chi connectivity index (χ2n) is 7.14. The summed E-state index contributed by atoms with van der Waals surface area (Å²) < 4.78 is 5.43. The van der Waals surface area contributed by atoms with Crippen LogP contribution in [-0.2, 0) is 11.2 Å². The molecule has 1 saturated heterocycles. The normalized spacial score (nSPS) is 16.0. The predicted molar refractivity (Wildman–Crippen MR) is 91.0 cm³/mol. The zero-order valence-electron chi connectivity index (χ0n) is 14.3. The van der Waals surface area contributed by atoms with Crippen LogP contribution in [-0.4, -0.2) is 34.7 Å². The zero-order chi connectivity index (χ0) is 16.9. The number of rotatable bonds is 3. The van der Waals surface area contributed by atoms with Crippen LogP contribution in [0.3, 0.4) is 0 Å². The van der Waals surface area contributed by atoms with Gasteiger partial charge in [-0.15, -0.1) is 6.42 Å². The van der Waals surface area contributed by atoms with Crippen LogP contribution >= 0.6 is 0 Å². The fourth-order valence-corrected chi connectivity index (χ4v) is 2.81. The molecule has 1 aromatic heterocycles. The topological polar surface area (TPSA) is 42.4 Å². The lowest BCUT2D eigenvalue weighted by Gasteiger charge is -2.33. The zero-order valence-corrected chi connectivity index (χ0v) is 14.3. The third-order valence-electron chi connectivity index (χ3n) is 4.08. The standard InChI is InChI=1S/C19H26N2O2/c1-5-17-14-16(8-11-20-17)7-6-15-9-12-21(13-10-15)18(22)23-19(2,3)4/h1,8,11,14-15H,6-7,9-10,12-13H2,2-4H3. The molecule has 23 heavy (non-hydrogen) atoms. The molecule has 1 aromatic rings. The molecule has 124 valence electrons. The van der Waals surface area contributed by atoms with E-state index in [1.54, 1.807) is 6.20 Å². The monoisotopic (exact) mass is 314 g/mol. The van der Waals surface area contributed by atoms with E-state index >= 15 is 0 Å². The molecular formula is C19H26N2O2. The van der Waals surface area contributed by atoms with Crippen molar-refractivity contribution in [3.63, 3.8) is 0 Å². The maximum Gasteiger partial charge on any atom is 0.410 e. The number of ether oxygens (including phenoxy) is 1. The summed E-state index contributed by atoms with van der Waals surface area (Å²) in [5.41, 5.74) is 1.51. The molecule has 0 N–H and O–H groups in total. The van der Waals surface area contributed by atoms with E-state index in [1.165, 1.54) is 5.56 Å².